The maximum absolute atomic E-state index is 11.7. The van der Waals surface area contributed by atoms with Crippen LogP contribution in [0, 0.1) is 23.7 Å². The first kappa shape index (κ1) is 32.5. The van der Waals surface area contributed by atoms with Crippen molar-refractivity contribution in [2.75, 3.05) is 33.5 Å². The van der Waals surface area contributed by atoms with E-state index in [2.05, 4.69) is 35.9 Å². The Morgan fingerprint density at radius 3 is 1.68 bits per heavy atom. The number of carbonyl (C=O) groups excluding carboxylic acids is 1. The number of rotatable bonds is 24. The zero-order valence-corrected chi connectivity index (χ0v) is 22.5. The third-order valence-corrected chi connectivity index (χ3v) is 5.85. The van der Waals surface area contributed by atoms with Crippen LogP contribution >= 0.6 is 0 Å². The van der Waals surface area contributed by atoms with Gasteiger partial charge in [0.15, 0.2) is 0 Å². The fraction of sp³-hybridized carbons (Fsp3) is 0.833. The molecule has 0 fully saturated rings. The van der Waals surface area contributed by atoms with Crippen LogP contribution in [0.2, 0.25) is 0 Å². The monoisotopic (exact) mass is 475 g/mol. The summed E-state index contributed by atoms with van der Waals surface area (Å²) in [5.41, 5.74) is 0. The van der Waals surface area contributed by atoms with Crippen LogP contribution in [0.4, 0.5) is 0 Å². The van der Waals surface area contributed by atoms with Crippen LogP contribution < -0.4 is 5.32 Å². The second-order valence-electron chi connectivity index (χ2n) is 9.11. The highest BCUT2D eigenvalue weighted by atomic mass is 16.5. The standard InChI is InChI=1S/C30H53NO3/c1-3-4-5-6-7-8-9-10-11-12-13-14-15-16-17-18-19-20-21-22-23-24-25-30(32)31-26-27-34-29-28-33-2/h3-13,18-29H2,1-2H3,(H,31,32). The molecule has 0 aromatic heterocycles. The number of nitrogens with one attached hydrogen (secondary N) is 1. The van der Waals surface area contributed by atoms with Gasteiger partial charge < -0.3 is 14.8 Å². The van der Waals surface area contributed by atoms with Crippen LogP contribution in [0.15, 0.2) is 0 Å². The molecule has 0 saturated carbocycles. The molecule has 0 radical (unpaired) electrons. The van der Waals surface area contributed by atoms with Gasteiger partial charge in [-0.15, -0.1) is 0 Å². The van der Waals surface area contributed by atoms with Gasteiger partial charge in [0, 0.05) is 32.9 Å². The molecule has 4 heteroatoms. The zero-order chi connectivity index (χ0) is 24.8. The second-order valence-corrected chi connectivity index (χ2v) is 9.11. The number of amides is 1. The summed E-state index contributed by atoms with van der Waals surface area (Å²) in [5, 5.41) is 2.89. The largest absolute Gasteiger partial charge is 0.382 e. The van der Waals surface area contributed by atoms with E-state index in [-0.39, 0.29) is 5.91 Å². The van der Waals surface area contributed by atoms with Crippen molar-refractivity contribution in [1.29, 1.82) is 0 Å². The maximum atomic E-state index is 11.7. The van der Waals surface area contributed by atoms with E-state index in [0.717, 1.165) is 32.1 Å². The van der Waals surface area contributed by atoms with Crippen molar-refractivity contribution in [3.8, 4) is 23.7 Å². The summed E-state index contributed by atoms with van der Waals surface area (Å²) in [7, 11) is 1.65. The molecule has 0 saturated heterocycles. The molecule has 0 heterocycles. The molecule has 1 N–H and O–H groups in total. The molecule has 0 aliphatic carbocycles. The summed E-state index contributed by atoms with van der Waals surface area (Å²) in [6, 6.07) is 0. The van der Waals surface area contributed by atoms with Crippen LogP contribution in [0.3, 0.4) is 0 Å². The lowest BCUT2D eigenvalue weighted by atomic mass is 10.1. The number of methoxy groups -OCH3 is 1. The summed E-state index contributed by atoms with van der Waals surface area (Å²) in [6.45, 7) is 4.56. The van der Waals surface area contributed by atoms with Crippen molar-refractivity contribution in [1.82, 2.24) is 5.32 Å². The number of ether oxygens (including phenoxy) is 2. The summed E-state index contributed by atoms with van der Waals surface area (Å²) in [5.74, 6) is 12.5. The molecular weight excluding hydrogens is 422 g/mol. The molecule has 0 unspecified atom stereocenters. The number of hydrogen-bond acceptors (Lipinski definition) is 3. The van der Waals surface area contributed by atoms with Crippen LogP contribution in [0.25, 0.3) is 0 Å². The predicted octanol–water partition coefficient (Wildman–Crippen LogP) is 7.20. The van der Waals surface area contributed by atoms with E-state index >= 15 is 0 Å². The fourth-order valence-corrected chi connectivity index (χ4v) is 3.72. The Hall–Kier alpha value is -1.49. The van der Waals surface area contributed by atoms with Crippen molar-refractivity contribution < 1.29 is 14.3 Å². The van der Waals surface area contributed by atoms with Gasteiger partial charge in [-0.2, -0.15) is 0 Å². The molecule has 0 bridgehead atoms. The molecule has 0 aliphatic rings. The summed E-state index contributed by atoms with van der Waals surface area (Å²) in [4.78, 5) is 11.7. The van der Waals surface area contributed by atoms with Crippen molar-refractivity contribution in [3.05, 3.63) is 0 Å². The van der Waals surface area contributed by atoms with Gasteiger partial charge in [0.25, 0.3) is 0 Å². The average Bonchev–Trinajstić information content (AvgIpc) is 2.84. The highest BCUT2D eigenvalue weighted by Crippen LogP contribution is 2.11. The first-order valence-corrected chi connectivity index (χ1v) is 14.1. The number of unbranched alkanes of at least 4 members (excludes halogenated alkanes) is 16. The Kier molecular flexibility index (Phi) is 28.2. The number of carbonyl (C=O) groups is 1. The molecule has 4 nitrogen and oxygen atoms in total. The van der Waals surface area contributed by atoms with Gasteiger partial charge in [0.2, 0.25) is 5.91 Å². The number of hydrogen-bond donors (Lipinski definition) is 1. The molecule has 1 amide bonds. The Balaban J connectivity index is 3.30. The average molecular weight is 476 g/mol. The minimum absolute atomic E-state index is 0.125. The molecule has 0 spiro atoms. The normalized spacial score (nSPS) is 10.3. The topological polar surface area (TPSA) is 47.6 Å². The van der Waals surface area contributed by atoms with Gasteiger partial charge in [0.1, 0.15) is 0 Å². The van der Waals surface area contributed by atoms with Crippen LogP contribution in [0.5, 0.6) is 0 Å². The molecule has 0 rings (SSSR count). The maximum Gasteiger partial charge on any atom is 0.220 e. The van der Waals surface area contributed by atoms with Crippen LogP contribution in [-0.4, -0.2) is 39.4 Å². The third-order valence-electron chi connectivity index (χ3n) is 5.85. The van der Waals surface area contributed by atoms with E-state index in [9.17, 15) is 4.79 Å². The van der Waals surface area contributed by atoms with Gasteiger partial charge in [-0.25, -0.2) is 0 Å². The second kappa shape index (κ2) is 29.5. The molecule has 0 aliphatic heterocycles. The Bertz CT molecular complexity index is 553. The van der Waals surface area contributed by atoms with Gasteiger partial charge >= 0.3 is 0 Å². The lowest BCUT2D eigenvalue weighted by molar-refractivity contribution is -0.121. The molecule has 0 aromatic rings. The SMILES string of the molecule is CCCCCCCCCCCCC#CC#CCCCCCCCCC(=O)NCCOCCOC. The Morgan fingerprint density at radius 2 is 1.15 bits per heavy atom. The lowest BCUT2D eigenvalue weighted by Gasteiger charge is -2.06. The van der Waals surface area contributed by atoms with Gasteiger partial charge in [-0.05, 0) is 31.1 Å². The van der Waals surface area contributed by atoms with E-state index in [1.807, 2.05) is 0 Å². The molecule has 0 aromatic carbocycles. The lowest BCUT2D eigenvalue weighted by Crippen LogP contribution is -2.27. The van der Waals surface area contributed by atoms with Crippen LogP contribution in [0.1, 0.15) is 129 Å². The Morgan fingerprint density at radius 1 is 0.647 bits per heavy atom. The molecular formula is C30H53NO3. The molecule has 0 atom stereocenters. The van der Waals surface area contributed by atoms with E-state index in [1.165, 1.54) is 83.5 Å². The first-order chi connectivity index (χ1) is 16.8. The quantitative estimate of drug-likeness (QED) is 0.119. The van der Waals surface area contributed by atoms with Crippen molar-refractivity contribution >= 4 is 5.91 Å². The highest BCUT2D eigenvalue weighted by molar-refractivity contribution is 5.75. The minimum atomic E-state index is 0.125. The fourth-order valence-electron chi connectivity index (χ4n) is 3.72. The molecule has 34 heavy (non-hydrogen) atoms. The minimum Gasteiger partial charge on any atom is -0.382 e. The third kappa shape index (κ3) is 28.5. The summed E-state index contributed by atoms with van der Waals surface area (Å²) >= 11 is 0. The van der Waals surface area contributed by atoms with Crippen molar-refractivity contribution in [2.24, 2.45) is 0 Å². The Labute approximate surface area is 211 Å². The molecule has 196 valence electrons. The van der Waals surface area contributed by atoms with E-state index < -0.39 is 0 Å². The van der Waals surface area contributed by atoms with Crippen molar-refractivity contribution in [2.45, 2.75) is 129 Å². The van der Waals surface area contributed by atoms with Gasteiger partial charge in [0.05, 0.1) is 19.8 Å². The first-order valence-electron chi connectivity index (χ1n) is 14.1. The van der Waals surface area contributed by atoms with Crippen molar-refractivity contribution in [3.63, 3.8) is 0 Å². The van der Waals surface area contributed by atoms with E-state index in [1.54, 1.807) is 7.11 Å². The summed E-state index contributed by atoms with van der Waals surface area (Å²) < 4.78 is 10.2. The highest BCUT2D eigenvalue weighted by Gasteiger charge is 2.00. The summed E-state index contributed by atoms with van der Waals surface area (Å²) in [6.07, 6.45) is 23.1. The predicted molar refractivity (Wildman–Crippen MR) is 145 cm³/mol. The van der Waals surface area contributed by atoms with E-state index in [0.29, 0.717) is 32.8 Å². The van der Waals surface area contributed by atoms with Crippen LogP contribution in [-0.2, 0) is 14.3 Å². The zero-order valence-electron chi connectivity index (χ0n) is 22.5. The van der Waals surface area contributed by atoms with Gasteiger partial charge in [-0.1, -0.05) is 102 Å². The van der Waals surface area contributed by atoms with E-state index in [4.69, 9.17) is 9.47 Å². The smallest absolute Gasteiger partial charge is 0.220 e. The van der Waals surface area contributed by atoms with Gasteiger partial charge in [-0.3, -0.25) is 4.79 Å².